The van der Waals surface area contributed by atoms with Crippen LogP contribution < -0.4 is 5.43 Å². The monoisotopic (exact) mass is 390 g/mol. The molecule has 3 amide bonds. The zero-order valence-corrected chi connectivity index (χ0v) is 14.4. The molecule has 0 spiro atoms. The number of hydrazine groups is 1. The number of aromatic nitrogens is 2. The molecule has 0 aromatic carbocycles. The summed E-state index contributed by atoms with van der Waals surface area (Å²) in [6.45, 7) is 0. The molecule has 1 aromatic rings. The van der Waals surface area contributed by atoms with Gasteiger partial charge in [-0.3, -0.25) is 24.5 Å². The van der Waals surface area contributed by atoms with Gasteiger partial charge in [0.05, 0.1) is 16.3 Å². The van der Waals surface area contributed by atoms with Crippen LogP contribution in [0, 0.1) is 35.5 Å². The predicted octanol–water partition coefficient (Wildman–Crippen LogP) is 0.881. The van der Waals surface area contributed by atoms with Gasteiger partial charge in [-0.2, -0.15) is 10.1 Å². The summed E-state index contributed by atoms with van der Waals surface area (Å²) in [6.07, 6.45) is 6.96. The average molecular weight is 391 g/mol. The van der Waals surface area contributed by atoms with Crippen LogP contribution in [-0.2, 0) is 16.6 Å². The molecule has 5 aliphatic rings. The SMILES string of the molecule is Cn1cc(Br)c(C(=O)NN2C(=O)[C@@H]3[C@@H]4C=C[C@H]([C@H]5C[C@@H]45)[C@@H]3C2=O)n1. The summed E-state index contributed by atoms with van der Waals surface area (Å²) in [5.41, 5.74) is 2.62. The number of halogens is 1. The summed E-state index contributed by atoms with van der Waals surface area (Å²) < 4.78 is 2.01. The normalized spacial score (nSPS) is 38.3. The first-order chi connectivity index (χ1) is 11.5. The van der Waals surface area contributed by atoms with Crippen molar-refractivity contribution in [3.05, 3.63) is 28.5 Å². The lowest BCUT2D eigenvalue weighted by Crippen LogP contribution is -2.47. The second-order valence-corrected chi connectivity index (χ2v) is 7.96. The summed E-state index contributed by atoms with van der Waals surface area (Å²) in [5, 5.41) is 4.98. The number of hydrogen-bond acceptors (Lipinski definition) is 4. The van der Waals surface area contributed by atoms with Gasteiger partial charge < -0.3 is 0 Å². The summed E-state index contributed by atoms with van der Waals surface area (Å²) >= 11 is 3.26. The zero-order chi connectivity index (χ0) is 16.7. The molecule has 8 heteroatoms. The highest BCUT2D eigenvalue weighted by molar-refractivity contribution is 9.10. The Labute approximate surface area is 146 Å². The fraction of sp³-hybridized carbons (Fsp3) is 0.500. The van der Waals surface area contributed by atoms with Crippen molar-refractivity contribution in [3.63, 3.8) is 0 Å². The highest BCUT2D eigenvalue weighted by Crippen LogP contribution is 2.65. The van der Waals surface area contributed by atoms with Crippen LogP contribution in [-0.4, -0.2) is 32.5 Å². The van der Waals surface area contributed by atoms with E-state index < -0.39 is 5.91 Å². The topological polar surface area (TPSA) is 84.3 Å². The first-order valence-corrected chi connectivity index (χ1v) is 8.83. The van der Waals surface area contributed by atoms with Gasteiger partial charge in [0.2, 0.25) is 0 Å². The molecule has 24 heavy (non-hydrogen) atoms. The van der Waals surface area contributed by atoms with Gasteiger partial charge in [0.15, 0.2) is 5.69 Å². The van der Waals surface area contributed by atoms with Crippen LogP contribution >= 0.6 is 15.9 Å². The number of carbonyl (C=O) groups excluding carboxylic acids is 3. The Morgan fingerprint density at radius 1 is 1.21 bits per heavy atom. The van der Waals surface area contributed by atoms with Crippen LogP contribution in [0.3, 0.4) is 0 Å². The fourth-order valence-electron chi connectivity index (χ4n) is 4.84. The molecule has 1 aliphatic heterocycles. The lowest BCUT2D eigenvalue weighted by molar-refractivity contribution is -0.143. The Morgan fingerprint density at radius 3 is 2.29 bits per heavy atom. The van der Waals surface area contributed by atoms with Crippen molar-refractivity contribution in [2.24, 2.45) is 42.6 Å². The quantitative estimate of drug-likeness (QED) is 0.599. The fourth-order valence-corrected chi connectivity index (χ4v) is 5.39. The number of nitrogens with zero attached hydrogens (tertiary/aromatic N) is 3. The Balaban J connectivity index is 1.42. The van der Waals surface area contributed by atoms with Crippen LogP contribution in [0.15, 0.2) is 22.8 Å². The van der Waals surface area contributed by atoms with E-state index in [1.165, 1.54) is 4.68 Å². The van der Waals surface area contributed by atoms with E-state index in [1.807, 2.05) is 0 Å². The maximum absolute atomic E-state index is 12.8. The van der Waals surface area contributed by atoms with Crippen LogP contribution in [0.5, 0.6) is 0 Å². The molecule has 6 rings (SSSR count). The van der Waals surface area contributed by atoms with Crippen molar-refractivity contribution < 1.29 is 14.4 Å². The zero-order valence-electron chi connectivity index (χ0n) is 12.8. The maximum Gasteiger partial charge on any atom is 0.291 e. The number of hydrogen-bond donors (Lipinski definition) is 1. The van der Waals surface area contributed by atoms with E-state index in [9.17, 15) is 14.4 Å². The molecule has 7 nitrogen and oxygen atoms in total. The van der Waals surface area contributed by atoms with Crippen molar-refractivity contribution in [2.75, 3.05) is 0 Å². The van der Waals surface area contributed by atoms with Crippen molar-refractivity contribution in [1.29, 1.82) is 0 Å². The smallest absolute Gasteiger partial charge is 0.274 e. The summed E-state index contributed by atoms with van der Waals surface area (Å²) in [5.74, 6) is -0.391. The van der Waals surface area contributed by atoms with E-state index in [-0.39, 0.29) is 41.2 Å². The Hall–Kier alpha value is -1.96. The van der Waals surface area contributed by atoms with Crippen LogP contribution in [0.25, 0.3) is 0 Å². The third-order valence-corrected chi connectivity index (χ3v) is 6.46. The molecule has 1 aromatic heterocycles. The van der Waals surface area contributed by atoms with Gasteiger partial charge >= 0.3 is 0 Å². The number of aryl methyl sites for hydroxylation is 1. The number of amides is 3. The minimum atomic E-state index is -0.562. The summed E-state index contributed by atoms with van der Waals surface area (Å²) in [4.78, 5) is 38.0. The highest BCUT2D eigenvalue weighted by Gasteiger charge is 2.67. The van der Waals surface area contributed by atoms with E-state index in [0.717, 1.165) is 11.4 Å². The average Bonchev–Trinajstić information content (AvgIpc) is 3.26. The maximum atomic E-state index is 12.8. The van der Waals surface area contributed by atoms with Crippen LogP contribution in [0.2, 0.25) is 0 Å². The Bertz CT molecular complexity index is 795. The third kappa shape index (κ3) is 1.72. The van der Waals surface area contributed by atoms with Crippen molar-refractivity contribution in [3.8, 4) is 0 Å². The van der Waals surface area contributed by atoms with Gasteiger partial charge in [-0.1, -0.05) is 12.2 Å². The molecule has 3 fully saturated rings. The minimum absolute atomic E-state index is 0.143. The lowest BCUT2D eigenvalue weighted by Gasteiger charge is -2.37. The molecule has 1 N–H and O–H groups in total. The van der Waals surface area contributed by atoms with Gasteiger partial charge in [0.25, 0.3) is 17.7 Å². The highest BCUT2D eigenvalue weighted by atomic mass is 79.9. The first kappa shape index (κ1) is 14.4. The molecule has 2 saturated carbocycles. The third-order valence-electron chi connectivity index (χ3n) is 5.88. The second kappa shape index (κ2) is 4.56. The molecule has 6 atom stereocenters. The molecule has 0 unspecified atom stereocenters. The minimum Gasteiger partial charge on any atom is -0.274 e. The second-order valence-electron chi connectivity index (χ2n) is 7.11. The van der Waals surface area contributed by atoms with Gasteiger partial charge in [-0.15, -0.1) is 0 Å². The van der Waals surface area contributed by atoms with Gasteiger partial charge in [0.1, 0.15) is 0 Å². The van der Waals surface area contributed by atoms with Crippen molar-refractivity contribution in [2.45, 2.75) is 6.42 Å². The van der Waals surface area contributed by atoms with E-state index >= 15 is 0 Å². The Kier molecular flexibility index (Phi) is 2.73. The summed E-state index contributed by atoms with van der Waals surface area (Å²) in [6, 6.07) is 0. The molecule has 2 bridgehead atoms. The van der Waals surface area contributed by atoms with Crippen LogP contribution in [0.1, 0.15) is 16.9 Å². The number of rotatable bonds is 2. The predicted molar refractivity (Wildman–Crippen MR) is 84.9 cm³/mol. The molecular weight excluding hydrogens is 376 g/mol. The number of imide groups is 1. The first-order valence-electron chi connectivity index (χ1n) is 8.03. The largest absolute Gasteiger partial charge is 0.291 e. The van der Waals surface area contributed by atoms with E-state index in [2.05, 4.69) is 38.6 Å². The Morgan fingerprint density at radius 2 is 1.79 bits per heavy atom. The molecular formula is C16H15BrN4O3. The van der Waals surface area contributed by atoms with E-state index in [4.69, 9.17) is 0 Å². The molecule has 4 aliphatic carbocycles. The lowest BCUT2D eigenvalue weighted by atomic mass is 9.63. The van der Waals surface area contributed by atoms with Gasteiger partial charge in [-0.05, 0) is 46.0 Å². The van der Waals surface area contributed by atoms with Gasteiger partial charge in [-0.25, -0.2) is 0 Å². The number of allylic oxidation sites excluding steroid dienone is 2. The number of carbonyl (C=O) groups is 3. The van der Waals surface area contributed by atoms with E-state index in [0.29, 0.717) is 16.3 Å². The van der Waals surface area contributed by atoms with Gasteiger partial charge in [0, 0.05) is 13.2 Å². The van der Waals surface area contributed by atoms with Crippen molar-refractivity contribution in [1.82, 2.24) is 20.2 Å². The molecule has 1 saturated heterocycles. The standard InChI is InChI=1S/C16H15BrN4O3/c1-20-5-10(17)13(18-20)14(22)19-21-15(23)11-6-2-3-7(9-4-8(6)9)12(11)16(21)24/h2-3,5-9,11-12H,4H2,1H3,(H,19,22)/t6-,7-,8-,9+,11+,12-/m1/s1. The molecule has 0 radical (unpaired) electrons. The van der Waals surface area contributed by atoms with Crippen molar-refractivity contribution >= 4 is 33.7 Å². The van der Waals surface area contributed by atoms with Crippen LogP contribution in [0.4, 0.5) is 0 Å². The summed E-state index contributed by atoms with van der Waals surface area (Å²) in [7, 11) is 1.69. The molecule has 124 valence electrons. The van der Waals surface area contributed by atoms with E-state index in [1.54, 1.807) is 13.2 Å². The number of nitrogens with one attached hydrogen (secondary N) is 1. The molecule has 2 heterocycles.